The molecule has 2 heterocycles. The predicted molar refractivity (Wildman–Crippen MR) is 141 cm³/mol. The summed E-state index contributed by atoms with van der Waals surface area (Å²) in [5.41, 5.74) is 4.11. The number of anilines is 2. The van der Waals surface area contributed by atoms with E-state index < -0.39 is 10.0 Å². The Labute approximate surface area is 212 Å². The Kier molecular flexibility index (Phi) is 7.82. The maximum absolute atomic E-state index is 13.4. The van der Waals surface area contributed by atoms with Crippen molar-refractivity contribution in [3.63, 3.8) is 0 Å². The molecule has 9 heteroatoms. The fourth-order valence-electron chi connectivity index (χ4n) is 4.65. The lowest BCUT2D eigenvalue weighted by molar-refractivity contribution is 0.105. The zero-order valence-electron chi connectivity index (χ0n) is 20.8. The summed E-state index contributed by atoms with van der Waals surface area (Å²) in [4.78, 5) is 6.42. The molecular weight excluding hydrogens is 477 g/mol. The van der Waals surface area contributed by atoms with Gasteiger partial charge in [0.1, 0.15) is 5.82 Å². The van der Waals surface area contributed by atoms with Crippen molar-refractivity contribution < 1.29 is 12.8 Å². The molecule has 1 fully saturated rings. The molecule has 0 unspecified atom stereocenters. The van der Waals surface area contributed by atoms with Crippen LogP contribution >= 0.6 is 0 Å². The van der Waals surface area contributed by atoms with Crippen molar-refractivity contribution in [3.8, 4) is 0 Å². The van der Waals surface area contributed by atoms with Gasteiger partial charge in [-0.25, -0.2) is 17.8 Å². The van der Waals surface area contributed by atoms with Crippen LogP contribution in [0, 0.1) is 24.1 Å². The summed E-state index contributed by atoms with van der Waals surface area (Å²) in [7, 11) is -3.73. The number of hydrogen-bond acceptors (Lipinski definition) is 6. The van der Waals surface area contributed by atoms with Gasteiger partial charge in [0.05, 0.1) is 0 Å². The number of hydrogen-bond donors (Lipinski definition) is 2. The summed E-state index contributed by atoms with van der Waals surface area (Å²) >= 11 is 0. The van der Waals surface area contributed by atoms with Crippen molar-refractivity contribution in [2.24, 2.45) is 5.92 Å². The zero-order chi connectivity index (χ0) is 25.9. The fraction of sp³-hybridized carbons (Fsp3) is 0.333. The molecule has 0 amide bonds. The van der Waals surface area contributed by atoms with Gasteiger partial charge >= 0.3 is 0 Å². The monoisotopic (exact) mass is 509 g/mol. The second-order valence-corrected chi connectivity index (χ2v) is 11.4. The van der Waals surface area contributed by atoms with E-state index in [0.29, 0.717) is 31.1 Å². The third kappa shape index (κ3) is 5.64. The minimum Gasteiger partial charge on any atom is -0.355 e. The summed E-state index contributed by atoms with van der Waals surface area (Å²) in [6.45, 7) is 8.43. The van der Waals surface area contributed by atoms with Gasteiger partial charge in [0, 0.05) is 61.6 Å². The van der Waals surface area contributed by atoms with Crippen LogP contribution in [0.3, 0.4) is 0 Å². The normalized spacial score (nSPS) is 17.3. The zero-order valence-corrected chi connectivity index (χ0v) is 21.6. The number of sulfonamides is 1. The van der Waals surface area contributed by atoms with E-state index in [1.54, 1.807) is 24.3 Å². The number of nitrogens with zero attached hydrogens (tertiary/aromatic N) is 3. The molecule has 190 valence electrons. The highest BCUT2D eigenvalue weighted by molar-refractivity contribution is 7.89. The highest BCUT2D eigenvalue weighted by Gasteiger charge is 2.36. The summed E-state index contributed by atoms with van der Waals surface area (Å²) in [5, 5.41) is 11.4. The first kappa shape index (κ1) is 25.9. The van der Waals surface area contributed by atoms with Crippen LogP contribution in [-0.2, 0) is 10.0 Å². The van der Waals surface area contributed by atoms with Gasteiger partial charge in [-0.1, -0.05) is 19.9 Å². The quantitative estimate of drug-likeness (QED) is 0.419. The van der Waals surface area contributed by atoms with E-state index in [4.69, 9.17) is 5.41 Å². The molecule has 1 saturated heterocycles. The molecule has 0 bridgehead atoms. The lowest BCUT2D eigenvalue weighted by Gasteiger charge is -2.42. The summed E-state index contributed by atoms with van der Waals surface area (Å²) in [5.74, 6) is 0.0977. The Morgan fingerprint density at radius 3 is 2.56 bits per heavy atom. The average molecular weight is 510 g/mol. The molecule has 0 radical (unpaired) electrons. The van der Waals surface area contributed by atoms with Crippen molar-refractivity contribution in [3.05, 3.63) is 83.3 Å². The molecule has 0 saturated carbocycles. The maximum atomic E-state index is 13.4. The summed E-state index contributed by atoms with van der Waals surface area (Å²) in [6.07, 6.45) is 2.78. The lowest BCUT2D eigenvalue weighted by Crippen LogP contribution is -2.51. The molecule has 1 aliphatic heterocycles. The first-order valence-corrected chi connectivity index (χ1v) is 13.5. The maximum Gasteiger partial charge on any atom is 0.260 e. The topological polar surface area (TPSA) is 89.4 Å². The predicted octanol–water partition coefficient (Wildman–Crippen LogP) is 4.97. The van der Waals surface area contributed by atoms with Crippen LogP contribution in [0.5, 0.6) is 0 Å². The first-order chi connectivity index (χ1) is 17.2. The minimum atomic E-state index is -3.73. The third-order valence-electron chi connectivity index (χ3n) is 6.37. The summed E-state index contributed by atoms with van der Waals surface area (Å²) in [6, 6.07) is 14.7. The van der Waals surface area contributed by atoms with E-state index in [1.165, 1.54) is 34.9 Å². The van der Waals surface area contributed by atoms with Crippen LogP contribution in [0.4, 0.5) is 15.8 Å². The Morgan fingerprint density at radius 1 is 1.17 bits per heavy atom. The van der Waals surface area contributed by atoms with E-state index in [0.717, 1.165) is 29.0 Å². The number of piperazine rings is 1. The molecule has 2 N–H and O–H groups in total. The van der Waals surface area contributed by atoms with Crippen molar-refractivity contribution in [2.75, 3.05) is 31.5 Å². The van der Waals surface area contributed by atoms with Gasteiger partial charge in [0.2, 0.25) is 0 Å². The van der Waals surface area contributed by atoms with Gasteiger partial charge in [-0.15, -0.1) is 0 Å². The highest BCUT2D eigenvalue weighted by Crippen LogP contribution is 2.34. The average Bonchev–Trinajstić information content (AvgIpc) is 2.86. The van der Waals surface area contributed by atoms with Crippen LogP contribution < -0.4 is 5.32 Å². The molecule has 0 aliphatic carbocycles. The summed E-state index contributed by atoms with van der Waals surface area (Å²) < 4.78 is 41.6. The molecule has 4 rings (SSSR count). The van der Waals surface area contributed by atoms with Gasteiger partial charge in [0.15, 0.2) is 5.03 Å². The molecule has 36 heavy (non-hydrogen) atoms. The van der Waals surface area contributed by atoms with Crippen molar-refractivity contribution in [2.45, 2.75) is 31.8 Å². The van der Waals surface area contributed by atoms with Crippen LogP contribution in [-0.4, -0.2) is 55.0 Å². The molecule has 2 aromatic carbocycles. The molecular formula is C27H32FN5O2S. The van der Waals surface area contributed by atoms with Crippen LogP contribution in [0.15, 0.2) is 65.8 Å². The van der Waals surface area contributed by atoms with E-state index in [9.17, 15) is 12.8 Å². The molecule has 3 aromatic rings. The second-order valence-electron chi connectivity index (χ2n) is 9.51. The smallest absolute Gasteiger partial charge is 0.260 e. The van der Waals surface area contributed by atoms with Gasteiger partial charge < -0.3 is 10.7 Å². The Hall–Kier alpha value is -3.14. The van der Waals surface area contributed by atoms with Gasteiger partial charge in [-0.3, -0.25) is 4.90 Å². The van der Waals surface area contributed by atoms with E-state index >= 15 is 0 Å². The van der Waals surface area contributed by atoms with Gasteiger partial charge in [-0.2, -0.15) is 4.31 Å². The number of pyridine rings is 1. The molecule has 1 aromatic heterocycles. The van der Waals surface area contributed by atoms with Gasteiger partial charge in [0.25, 0.3) is 10.0 Å². The Balaban J connectivity index is 1.69. The van der Waals surface area contributed by atoms with Crippen molar-refractivity contribution >= 4 is 27.6 Å². The second kappa shape index (κ2) is 10.9. The van der Waals surface area contributed by atoms with E-state index in [-0.39, 0.29) is 16.9 Å². The fourth-order valence-corrected chi connectivity index (χ4v) is 6.01. The molecule has 7 nitrogen and oxygen atoms in total. The standard InChI is InChI=1S/C27H32FN5O2S/c1-19(2)17-32-12-13-33(36(34,35)27-6-4-5-11-30-27)18-26(32)24-15-21(16-29)25(14-20(24)3)31-23-9-7-22(28)8-10-23/h4-11,14-16,19,26,29,31H,12-13,17-18H2,1-3H3/t26-/m0/s1. The number of nitrogens with one attached hydrogen (secondary N) is 2. The number of aromatic nitrogens is 1. The van der Waals surface area contributed by atoms with Crippen LogP contribution in [0.2, 0.25) is 0 Å². The SMILES string of the molecule is Cc1cc(Nc2ccc(F)cc2)c(C=N)cc1[C@@H]1CN(S(=O)(=O)c2ccccn2)CCN1CC(C)C. The van der Waals surface area contributed by atoms with Gasteiger partial charge in [-0.05, 0) is 72.5 Å². The van der Waals surface area contributed by atoms with E-state index in [1.807, 2.05) is 19.1 Å². The van der Waals surface area contributed by atoms with Crippen LogP contribution in [0.25, 0.3) is 0 Å². The molecule has 1 aliphatic rings. The molecule has 0 spiro atoms. The largest absolute Gasteiger partial charge is 0.355 e. The van der Waals surface area contributed by atoms with Crippen molar-refractivity contribution in [1.82, 2.24) is 14.2 Å². The number of rotatable bonds is 8. The van der Waals surface area contributed by atoms with Crippen LogP contribution in [0.1, 0.15) is 36.6 Å². The van der Waals surface area contributed by atoms with E-state index in [2.05, 4.69) is 29.0 Å². The first-order valence-electron chi connectivity index (χ1n) is 12.0. The lowest BCUT2D eigenvalue weighted by atomic mass is 9.94. The number of benzene rings is 2. The Morgan fingerprint density at radius 2 is 1.92 bits per heavy atom. The Bertz CT molecular complexity index is 1310. The number of aryl methyl sites for hydroxylation is 1. The minimum absolute atomic E-state index is 0.0526. The molecule has 1 atom stereocenters. The number of halogens is 1. The van der Waals surface area contributed by atoms with Crippen molar-refractivity contribution in [1.29, 1.82) is 5.41 Å². The highest BCUT2D eigenvalue weighted by atomic mass is 32.2. The third-order valence-corrected chi connectivity index (χ3v) is 8.15.